The molecule has 0 radical (unpaired) electrons. The van der Waals surface area contributed by atoms with Crippen LogP contribution < -0.4 is 19.7 Å². The van der Waals surface area contributed by atoms with Gasteiger partial charge in [-0.3, -0.25) is 4.79 Å². The molecule has 1 aromatic heterocycles. The summed E-state index contributed by atoms with van der Waals surface area (Å²) < 4.78 is 17.5. The van der Waals surface area contributed by atoms with Gasteiger partial charge in [0.2, 0.25) is 11.8 Å². The minimum Gasteiger partial charge on any atom is -0.473 e. The van der Waals surface area contributed by atoms with Crippen molar-refractivity contribution in [3.63, 3.8) is 0 Å². The van der Waals surface area contributed by atoms with Crippen LogP contribution in [0, 0.1) is 0 Å². The molecule has 8 nitrogen and oxygen atoms in total. The number of benzene rings is 3. The van der Waals surface area contributed by atoms with E-state index in [1.165, 1.54) is 0 Å². The van der Waals surface area contributed by atoms with Crippen molar-refractivity contribution in [2.75, 3.05) is 23.3 Å². The molecule has 2 heterocycles. The number of rotatable bonds is 11. The molecular weight excluding hydrogens is 625 g/mol. The quantitative estimate of drug-likeness (QED) is 0.155. The number of carbonyl (C=O) groups is 1. The molecule has 2 N–H and O–H groups in total. The molecule has 10 heteroatoms. The smallest absolute Gasteiger partial charge is 0.309 e. The summed E-state index contributed by atoms with van der Waals surface area (Å²) in [5.74, 6) is 0.372. The number of pyridine rings is 1. The molecule has 0 unspecified atom stereocenters. The lowest BCUT2D eigenvalue weighted by atomic mass is 9.88. The summed E-state index contributed by atoms with van der Waals surface area (Å²) >= 11 is 13.6. The van der Waals surface area contributed by atoms with Crippen molar-refractivity contribution in [2.24, 2.45) is 0 Å². The Hall–Kier alpha value is -3.98. The summed E-state index contributed by atoms with van der Waals surface area (Å²) in [6, 6.07) is 26.9. The monoisotopic (exact) mass is 663 g/mol. The summed E-state index contributed by atoms with van der Waals surface area (Å²) in [6.07, 6.45) is 0.744. The van der Waals surface area contributed by atoms with Crippen LogP contribution in [0.25, 0.3) is 0 Å². The fourth-order valence-corrected chi connectivity index (χ4v) is 5.66. The van der Waals surface area contributed by atoms with E-state index >= 15 is 0 Å². The molecule has 0 amide bonds. The largest absolute Gasteiger partial charge is 0.473 e. The number of ether oxygens (including phenoxy) is 3. The molecule has 46 heavy (non-hydrogen) atoms. The number of nitrogens with zero attached hydrogens (tertiary/aromatic N) is 2. The summed E-state index contributed by atoms with van der Waals surface area (Å²) in [5.41, 5.74) is 2.22. The first-order valence-electron chi connectivity index (χ1n) is 15.3. The maximum absolute atomic E-state index is 12.4. The Balaban J connectivity index is 1.29. The highest BCUT2D eigenvalue weighted by molar-refractivity contribution is 6.37. The summed E-state index contributed by atoms with van der Waals surface area (Å²) in [6.45, 7) is 7.14. The molecule has 0 aliphatic carbocycles. The second kappa shape index (κ2) is 14.6. The van der Waals surface area contributed by atoms with Gasteiger partial charge in [-0.25, -0.2) is 0 Å². The number of carbonyl (C=O) groups excluding carboxylic acids is 1. The van der Waals surface area contributed by atoms with Crippen LogP contribution in [0.4, 0.5) is 17.1 Å². The Kier molecular flexibility index (Phi) is 10.6. The fraction of sp³-hybridized carbons (Fsp3) is 0.333. The fourth-order valence-electron chi connectivity index (χ4n) is 5.17. The standard InChI is InChI=1S/C36H39Cl2N3O5/c1-35(2,3)46-33(42)22-36(43)16-18-41(19-17-36)31-21-27(37)30(20-28(31)38)39-29-14-15-32(44-23-25-10-6-4-7-11-25)40-34(29)45-24-26-12-8-5-9-13-26/h4-15,20-21,39,43H,16-19,22-24H2,1-3H3. The number of anilines is 3. The second-order valence-corrected chi connectivity index (χ2v) is 13.2. The highest BCUT2D eigenvalue weighted by atomic mass is 35.5. The molecule has 1 fully saturated rings. The number of hydrogen-bond acceptors (Lipinski definition) is 8. The van der Waals surface area contributed by atoms with Crippen molar-refractivity contribution in [3.8, 4) is 11.8 Å². The number of nitrogens with one attached hydrogen (secondary N) is 1. The zero-order chi connectivity index (χ0) is 32.7. The van der Waals surface area contributed by atoms with Gasteiger partial charge in [0, 0.05) is 19.2 Å². The molecule has 1 saturated heterocycles. The van der Waals surface area contributed by atoms with E-state index in [1.807, 2.05) is 87.5 Å². The van der Waals surface area contributed by atoms with E-state index in [0.717, 1.165) is 16.8 Å². The van der Waals surface area contributed by atoms with Gasteiger partial charge in [-0.1, -0.05) is 83.9 Å². The van der Waals surface area contributed by atoms with E-state index in [4.69, 9.17) is 37.4 Å². The minimum atomic E-state index is -1.13. The zero-order valence-corrected chi connectivity index (χ0v) is 27.8. The predicted molar refractivity (Wildman–Crippen MR) is 182 cm³/mol. The Labute approximate surface area is 280 Å². The second-order valence-electron chi connectivity index (χ2n) is 12.4. The van der Waals surface area contributed by atoms with Crippen LogP contribution in [-0.4, -0.2) is 40.4 Å². The lowest BCUT2D eigenvalue weighted by Gasteiger charge is -2.39. The SMILES string of the molecule is CC(C)(C)OC(=O)CC1(O)CCN(c2cc(Cl)c(Nc3ccc(OCc4ccccc4)nc3OCc3ccccc3)cc2Cl)CC1. The first-order chi connectivity index (χ1) is 22.0. The highest BCUT2D eigenvalue weighted by Crippen LogP contribution is 2.40. The van der Waals surface area contributed by atoms with Gasteiger partial charge in [-0.2, -0.15) is 4.98 Å². The number of piperidine rings is 1. The number of hydrogen-bond donors (Lipinski definition) is 2. The van der Waals surface area contributed by atoms with Crippen molar-refractivity contribution < 1.29 is 24.1 Å². The van der Waals surface area contributed by atoms with E-state index in [0.29, 0.717) is 72.3 Å². The molecule has 0 saturated carbocycles. The first kappa shape index (κ1) is 33.4. The molecule has 1 aliphatic heterocycles. The maximum atomic E-state index is 12.4. The Morgan fingerprint density at radius 3 is 2.09 bits per heavy atom. The number of esters is 1. The van der Waals surface area contributed by atoms with Crippen LogP contribution in [0.3, 0.4) is 0 Å². The lowest BCUT2D eigenvalue weighted by Crippen LogP contribution is -2.46. The molecule has 5 rings (SSSR count). The minimum absolute atomic E-state index is 0.0474. The van der Waals surface area contributed by atoms with Crippen molar-refractivity contribution in [1.29, 1.82) is 0 Å². The third-order valence-corrected chi connectivity index (χ3v) is 8.13. The number of halogens is 2. The molecule has 1 aliphatic rings. The van der Waals surface area contributed by atoms with Crippen LogP contribution >= 0.6 is 23.2 Å². The lowest BCUT2D eigenvalue weighted by molar-refractivity contribution is -0.161. The van der Waals surface area contributed by atoms with Gasteiger partial charge in [0.25, 0.3) is 0 Å². The number of aliphatic hydroxyl groups is 1. The van der Waals surface area contributed by atoms with Crippen LogP contribution in [-0.2, 0) is 22.7 Å². The maximum Gasteiger partial charge on any atom is 0.309 e. The Morgan fingerprint density at radius 2 is 1.48 bits per heavy atom. The topological polar surface area (TPSA) is 93.2 Å². The van der Waals surface area contributed by atoms with Crippen molar-refractivity contribution in [2.45, 2.75) is 64.4 Å². The van der Waals surface area contributed by atoms with Crippen LogP contribution in [0.1, 0.15) is 51.2 Å². The normalized spacial score (nSPS) is 14.4. The summed E-state index contributed by atoms with van der Waals surface area (Å²) in [4.78, 5) is 19.1. The number of aromatic nitrogens is 1. The molecule has 0 spiro atoms. The van der Waals surface area contributed by atoms with Crippen molar-refractivity contribution >= 4 is 46.2 Å². The molecule has 3 aromatic carbocycles. The van der Waals surface area contributed by atoms with Crippen LogP contribution in [0.5, 0.6) is 11.8 Å². The summed E-state index contributed by atoms with van der Waals surface area (Å²) in [5, 5.41) is 15.3. The molecule has 242 valence electrons. The average Bonchev–Trinajstić information content (AvgIpc) is 3.02. The van der Waals surface area contributed by atoms with Crippen LogP contribution in [0.2, 0.25) is 10.0 Å². The van der Waals surface area contributed by atoms with Gasteiger partial charge in [0.05, 0.1) is 33.4 Å². The van der Waals surface area contributed by atoms with E-state index in [9.17, 15) is 9.90 Å². The highest BCUT2D eigenvalue weighted by Gasteiger charge is 2.36. The van der Waals surface area contributed by atoms with E-state index < -0.39 is 17.2 Å². The summed E-state index contributed by atoms with van der Waals surface area (Å²) in [7, 11) is 0. The van der Waals surface area contributed by atoms with Gasteiger partial charge in [-0.15, -0.1) is 0 Å². The van der Waals surface area contributed by atoms with Crippen molar-refractivity contribution in [1.82, 2.24) is 4.98 Å². The van der Waals surface area contributed by atoms with Gasteiger partial charge < -0.3 is 29.5 Å². The van der Waals surface area contributed by atoms with Gasteiger partial charge >= 0.3 is 5.97 Å². The molecule has 0 atom stereocenters. The van der Waals surface area contributed by atoms with Gasteiger partial charge in [0.15, 0.2) is 0 Å². The van der Waals surface area contributed by atoms with Gasteiger partial charge in [0.1, 0.15) is 24.5 Å². The van der Waals surface area contributed by atoms with E-state index in [2.05, 4.69) is 15.2 Å². The molecular formula is C36H39Cl2N3O5. The molecule has 0 bridgehead atoms. The zero-order valence-electron chi connectivity index (χ0n) is 26.3. The third-order valence-electron chi connectivity index (χ3n) is 7.52. The van der Waals surface area contributed by atoms with Gasteiger partial charge in [-0.05, 0) is 62.9 Å². The average molecular weight is 665 g/mol. The Morgan fingerprint density at radius 1 is 0.870 bits per heavy atom. The molecule has 4 aromatic rings. The van der Waals surface area contributed by atoms with E-state index in [1.54, 1.807) is 18.2 Å². The van der Waals surface area contributed by atoms with Crippen molar-refractivity contribution in [3.05, 3.63) is 106 Å². The third kappa shape index (κ3) is 9.28. The Bertz CT molecular complexity index is 1620. The van der Waals surface area contributed by atoms with Crippen LogP contribution in [0.15, 0.2) is 84.9 Å². The predicted octanol–water partition coefficient (Wildman–Crippen LogP) is 8.35. The first-order valence-corrected chi connectivity index (χ1v) is 16.0. The van der Waals surface area contributed by atoms with E-state index in [-0.39, 0.29) is 6.42 Å².